The van der Waals surface area contributed by atoms with Crippen LogP contribution in [0.4, 0.5) is 17.1 Å². The zero-order valence-corrected chi connectivity index (χ0v) is 31.7. The Morgan fingerprint density at radius 2 is 1.12 bits per heavy atom. The minimum absolute atomic E-state index is 0.184. The van der Waals surface area contributed by atoms with E-state index in [-0.39, 0.29) is 12.1 Å². The van der Waals surface area contributed by atoms with Crippen molar-refractivity contribution in [2.45, 2.75) is 25.6 Å². The number of rotatable bonds is 7. The van der Waals surface area contributed by atoms with Crippen molar-refractivity contribution in [1.29, 1.82) is 0 Å². The molecule has 0 N–H and O–H groups in total. The fourth-order valence-corrected chi connectivity index (χ4v) is 9.06. The lowest BCUT2D eigenvalue weighted by atomic mass is 9.38. The van der Waals surface area contributed by atoms with E-state index >= 15 is 0 Å². The highest BCUT2D eigenvalue weighted by molar-refractivity contribution is 6.86. The van der Waals surface area contributed by atoms with Crippen molar-refractivity contribution in [3.63, 3.8) is 0 Å². The van der Waals surface area contributed by atoms with E-state index < -0.39 is 0 Å². The molecule has 1 aromatic heterocycles. The number of hydrogen-bond donors (Lipinski definition) is 0. The molecule has 0 spiro atoms. The predicted molar refractivity (Wildman–Crippen MR) is 235 cm³/mol. The Kier molecular flexibility index (Phi) is 8.41. The summed E-state index contributed by atoms with van der Waals surface area (Å²) in [6.45, 7) is 5.62. The summed E-state index contributed by atoms with van der Waals surface area (Å²) in [5.41, 5.74) is 17.0. The highest BCUT2D eigenvalue weighted by Gasteiger charge is 2.40. The van der Waals surface area contributed by atoms with Gasteiger partial charge in [-0.3, -0.25) is 0 Å². The molecule has 1 aliphatic heterocycles. The van der Waals surface area contributed by atoms with Crippen molar-refractivity contribution in [1.82, 2.24) is 4.98 Å². The number of hydrogen-bond acceptors (Lipinski definition) is 3. The Morgan fingerprint density at radius 3 is 1.80 bits per heavy atom. The number of fused-ring (bicyclic) bond motifs is 4. The van der Waals surface area contributed by atoms with Crippen LogP contribution >= 0.6 is 0 Å². The molecule has 0 amide bonds. The van der Waals surface area contributed by atoms with Crippen LogP contribution in [0.25, 0.3) is 44.8 Å². The lowest BCUT2D eigenvalue weighted by molar-refractivity contribution is 0.338. The molecule has 0 fully saturated rings. The normalized spacial score (nSPS) is 13.6. The maximum absolute atomic E-state index is 6.83. The Morgan fingerprint density at radius 1 is 0.536 bits per heavy atom. The van der Waals surface area contributed by atoms with E-state index in [0.29, 0.717) is 6.61 Å². The van der Waals surface area contributed by atoms with Crippen LogP contribution in [0.3, 0.4) is 0 Å². The van der Waals surface area contributed by atoms with Gasteiger partial charge in [-0.1, -0.05) is 177 Å². The van der Waals surface area contributed by atoms with Gasteiger partial charge in [0.15, 0.2) is 0 Å². The van der Waals surface area contributed by atoms with E-state index in [1.165, 1.54) is 38.7 Å². The van der Waals surface area contributed by atoms with Crippen molar-refractivity contribution < 1.29 is 4.74 Å². The molecule has 2 heterocycles. The zero-order valence-electron chi connectivity index (χ0n) is 31.7. The average Bonchev–Trinajstić information content (AvgIpc) is 3.50. The Balaban J connectivity index is 1.29. The van der Waals surface area contributed by atoms with Crippen LogP contribution in [0.5, 0.6) is 5.75 Å². The summed E-state index contributed by atoms with van der Waals surface area (Å²) in [4.78, 5) is 7.71. The third-order valence-corrected chi connectivity index (χ3v) is 11.7. The van der Waals surface area contributed by atoms with Gasteiger partial charge < -0.3 is 9.64 Å². The van der Waals surface area contributed by atoms with Crippen LogP contribution in [-0.2, 0) is 5.41 Å². The number of anilines is 3. The van der Waals surface area contributed by atoms with Gasteiger partial charge in [-0.15, -0.1) is 0 Å². The second kappa shape index (κ2) is 13.9. The largest absolute Gasteiger partial charge is 0.494 e. The highest BCUT2D eigenvalue weighted by atomic mass is 16.5. The van der Waals surface area contributed by atoms with Crippen molar-refractivity contribution >= 4 is 34.7 Å². The molecule has 0 unspecified atom stereocenters. The third kappa shape index (κ3) is 5.72. The fraction of sp³-hybridized carbons (Fsp3) is 0.0962. The number of ether oxygens (including phenoxy) is 1. The standard InChI is InChI=1S/C52H41BN2O/c1-52(2)43-28-16-15-26-41(43)49-44(52)30-31-48(50(49)42-27-17-29-45-51(42)56-33-32-53(45)38-22-11-5-12-23-38)55(39-24-13-6-14-25-39)40-34-46(36-18-7-3-8-19-36)54-47(35-40)37-20-9-4-10-21-37/h3-31,34-35H,32-33H2,1-2H3. The molecular formula is C52H41BN2O. The smallest absolute Gasteiger partial charge is 0.217 e. The second-order valence-corrected chi connectivity index (χ2v) is 15.4. The molecule has 0 saturated heterocycles. The monoisotopic (exact) mass is 720 g/mol. The van der Waals surface area contributed by atoms with Gasteiger partial charge >= 0.3 is 0 Å². The van der Waals surface area contributed by atoms with E-state index in [2.05, 4.69) is 207 Å². The van der Waals surface area contributed by atoms with Crippen LogP contribution in [0, 0.1) is 0 Å². The van der Waals surface area contributed by atoms with E-state index in [0.717, 1.165) is 57.2 Å². The summed E-state index contributed by atoms with van der Waals surface area (Å²) in [6.07, 6.45) is 0.938. The average molecular weight is 721 g/mol. The molecule has 1 aliphatic carbocycles. The highest BCUT2D eigenvalue weighted by Crippen LogP contribution is 2.57. The fourth-order valence-electron chi connectivity index (χ4n) is 9.06. The summed E-state index contributed by atoms with van der Waals surface area (Å²) < 4.78 is 6.83. The Labute approximate surface area is 330 Å². The van der Waals surface area contributed by atoms with Crippen molar-refractivity contribution in [2.24, 2.45) is 0 Å². The molecule has 2 aliphatic rings. The summed E-state index contributed by atoms with van der Waals surface area (Å²) in [6, 6.07) is 67.6. The lowest BCUT2D eigenvalue weighted by Gasteiger charge is -2.32. The Bertz CT molecular complexity index is 2640. The van der Waals surface area contributed by atoms with Crippen LogP contribution in [0.2, 0.25) is 6.32 Å². The van der Waals surface area contributed by atoms with Crippen LogP contribution in [-0.4, -0.2) is 18.3 Å². The minimum atomic E-state index is -0.184. The molecular weight excluding hydrogens is 679 g/mol. The number of nitrogens with zero attached hydrogens (tertiary/aromatic N) is 2. The van der Waals surface area contributed by atoms with Gasteiger partial charge in [-0.25, -0.2) is 4.98 Å². The van der Waals surface area contributed by atoms with Gasteiger partial charge in [0.25, 0.3) is 0 Å². The van der Waals surface area contributed by atoms with Crippen LogP contribution < -0.4 is 20.6 Å². The molecule has 7 aromatic carbocycles. The summed E-state index contributed by atoms with van der Waals surface area (Å²) >= 11 is 0. The predicted octanol–water partition coefficient (Wildman–Crippen LogP) is 11.9. The zero-order chi connectivity index (χ0) is 37.6. The van der Waals surface area contributed by atoms with Gasteiger partial charge in [0.2, 0.25) is 6.71 Å². The van der Waals surface area contributed by atoms with E-state index in [4.69, 9.17) is 9.72 Å². The number of benzene rings is 7. The molecule has 0 saturated carbocycles. The molecule has 10 rings (SSSR count). The summed E-state index contributed by atoms with van der Waals surface area (Å²) in [5.74, 6) is 0.974. The van der Waals surface area contributed by atoms with E-state index in [1.807, 2.05) is 0 Å². The van der Waals surface area contributed by atoms with E-state index in [1.54, 1.807) is 0 Å². The Hall–Kier alpha value is -6.65. The second-order valence-electron chi connectivity index (χ2n) is 15.4. The SMILES string of the molecule is CC1(C)c2ccccc2-c2c1ccc(N(c1ccccc1)c1cc(-c3ccccc3)nc(-c3ccccc3)c1)c2-c1cccc2c1OCCB2c1ccccc1. The first kappa shape index (κ1) is 33.9. The number of aromatic nitrogens is 1. The molecule has 56 heavy (non-hydrogen) atoms. The number of pyridine rings is 1. The first-order valence-corrected chi connectivity index (χ1v) is 19.6. The van der Waals surface area contributed by atoms with E-state index in [9.17, 15) is 0 Å². The number of para-hydroxylation sites is 2. The molecule has 0 atom stereocenters. The third-order valence-electron chi connectivity index (χ3n) is 11.7. The maximum Gasteiger partial charge on any atom is 0.217 e. The molecule has 0 radical (unpaired) electrons. The van der Waals surface area contributed by atoms with Gasteiger partial charge in [-0.2, -0.15) is 0 Å². The molecule has 4 heteroatoms. The van der Waals surface area contributed by atoms with Gasteiger partial charge in [0, 0.05) is 33.4 Å². The van der Waals surface area contributed by atoms with Crippen molar-refractivity contribution in [2.75, 3.05) is 11.5 Å². The maximum atomic E-state index is 6.83. The van der Waals surface area contributed by atoms with Gasteiger partial charge in [-0.05, 0) is 64.4 Å². The van der Waals surface area contributed by atoms with Crippen molar-refractivity contribution in [3.05, 3.63) is 199 Å². The minimum Gasteiger partial charge on any atom is -0.494 e. The topological polar surface area (TPSA) is 25.4 Å². The first-order chi connectivity index (χ1) is 27.6. The van der Waals surface area contributed by atoms with Gasteiger partial charge in [0.05, 0.1) is 29.4 Å². The molecule has 0 bridgehead atoms. The molecule has 3 nitrogen and oxygen atoms in total. The van der Waals surface area contributed by atoms with Crippen LogP contribution in [0.15, 0.2) is 188 Å². The molecule has 268 valence electrons. The van der Waals surface area contributed by atoms with Crippen LogP contribution in [0.1, 0.15) is 25.0 Å². The van der Waals surface area contributed by atoms with Gasteiger partial charge in [0.1, 0.15) is 5.75 Å². The quantitative estimate of drug-likeness (QED) is 0.153. The lowest BCUT2D eigenvalue weighted by Crippen LogP contribution is -2.46. The van der Waals surface area contributed by atoms with Crippen molar-refractivity contribution in [3.8, 4) is 50.5 Å². The summed E-state index contributed by atoms with van der Waals surface area (Å²) in [7, 11) is 0. The summed E-state index contributed by atoms with van der Waals surface area (Å²) in [5, 5.41) is 0. The molecule has 8 aromatic rings. The first-order valence-electron chi connectivity index (χ1n) is 19.6.